The molecule has 0 bridgehead atoms. The minimum atomic E-state index is -4.50. The van der Waals surface area contributed by atoms with Crippen LogP contribution < -0.4 is 0 Å². The summed E-state index contributed by atoms with van der Waals surface area (Å²) in [5.41, 5.74) is 0. The van der Waals surface area contributed by atoms with Crippen LogP contribution in [0, 0.1) is 5.92 Å². The Bertz CT molecular complexity index is 220. The molecule has 1 unspecified atom stereocenters. The lowest BCUT2D eigenvalue weighted by molar-refractivity contribution is -0.163. The van der Waals surface area contributed by atoms with Crippen LogP contribution in [0.1, 0.15) is 6.92 Å². The number of alkyl halides is 3. The summed E-state index contributed by atoms with van der Waals surface area (Å²) in [6, 6.07) is 0. The monoisotopic (exact) mass is 210 g/mol. The van der Waals surface area contributed by atoms with Gasteiger partial charge in [-0.3, -0.25) is 0 Å². The fraction of sp³-hybridized carbons (Fsp3) is 1.00. The average molecular weight is 211 g/mol. The molecule has 11 heavy (non-hydrogen) atoms. The zero-order chi connectivity index (χ0) is 9.28. The van der Waals surface area contributed by atoms with Crippen LogP contribution in [0.5, 0.6) is 0 Å². The Kier molecular flexibility index (Phi) is 3.19. The molecule has 0 saturated heterocycles. The van der Waals surface area contributed by atoms with Crippen LogP contribution in [-0.4, -0.2) is 20.3 Å². The zero-order valence-corrected chi connectivity index (χ0v) is 7.09. The first-order chi connectivity index (χ1) is 4.63. The largest absolute Gasteiger partial charge is 0.392 e. The van der Waals surface area contributed by atoms with Crippen molar-refractivity contribution in [2.45, 2.75) is 13.1 Å². The van der Waals surface area contributed by atoms with Crippen LogP contribution in [0.4, 0.5) is 13.2 Å². The van der Waals surface area contributed by atoms with Crippen LogP contribution in [0.15, 0.2) is 0 Å². The first kappa shape index (κ1) is 11.0. The highest BCUT2D eigenvalue weighted by molar-refractivity contribution is 8.13. The molecule has 0 fully saturated rings. The van der Waals surface area contributed by atoms with Crippen molar-refractivity contribution in [1.82, 2.24) is 0 Å². The smallest absolute Gasteiger partial charge is 0.212 e. The fourth-order valence-electron chi connectivity index (χ4n) is 0.393. The molecule has 0 aliphatic heterocycles. The van der Waals surface area contributed by atoms with E-state index >= 15 is 0 Å². The first-order valence-electron chi connectivity index (χ1n) is 2.62. The summed E-state index contributed by atoms with van der Waals surface area (Å²) in [5, 5.41) is 0. The van der Waals surface area contributed by atoms with E-state index in [2.05, 4.69) is 10.7 Å². The van der Waals surface area contributed by atoms with E-state index in [0.29, 0.717) is 0 Å². The maximum Gasteiger partial charge on any atom is 0.392 e. The van der Waals surface area contributed by atoms with E-state index in [9.17, 15) is 21.6 Å². The SMILES string of the molecule is CC(CS(=O)(=O)Cl)C(F)(F)F. The van der Waals surface area contributed by atoms with Gasteiger partial charge in [0.15, 0.2) is 0 Å². The topological polar surface area (TPSA) is 34.1 Å². The van der Waals surface area contributed by atoms with Crippen molar-refractivity contribution >= 4 is 19.7 Å². The summed E-state index contributed by atoms with van der Waals surface area (Å²) in [6.45, 7) is 0.764. The van der Waals surface area contributed by atoms with Gasteiger partial charge in [-0.15, -0.1) is 0 Å². The molecule has 0 aromatic carbocycles. The Morgan fingerprint density at radius 2 is 1.82 bits per heavy atom. The van der Waals surface area contributed by atoms with E-state index in [1.165, 1.54) is 0 Å². The lowest BCUT2D eigenvalue weighted by Gasteiger charge is -2.12. The van der Waals surface area contributed by atoms with Crippen LogP contribution in [0.2, 0.25) is 0 Å². The standard InChI is InChI=1S/C4H6ClF3O2S/c1-3(4(6,7)8)2-11(5,9)10/h3H,2H2,1H3. The lowest BCUT2D eigenvalue weighted by Crippen LogP contribution is -2.25. The van der Waals surface area contributed by atoms with Gasteiger partial charge in [-0.1, -0.05) is 6.92 Å². The van der Waals surface area contributed by atoms with E-state index in [1.807, 2.05) is 0 Å². The molecule has 0 N–H and O–H groups in total. The van der Waals surface area contributed by atoms with Crippen molar-refractivity contribution in [2.24, 2.45) is 5.92 Å². The predicted molar refractivity (Wildman–Crippen MR) is 34.9 cm³/mol. The second-order valence-electron chi connectivity index (χ2n) is 2.15. The lowest BCUT2D eigenvalue weighted by atomic mass is 10.2. The van der Waals surface area contributed by atoms with Crippen LogP contribution in [0.3, 0.4) is 0 Å². The van der Waals surface area contributed by atoms with Gasteiger partial charge in [0.05, 0.1) is 11.7 Å². The molecule has 0 amide bonds. The van der Waals surface area contributed by atoms with Crippen LogP contribution in [0.25, 0.3) is 0 Å². The van der Waals surface area contributed by atoms with E-state index in [-0.39, 0.29) is 0 Å². The zero-order valence-electron chi connectivity index (χ0n) is 5.52. The second-order valence-corrected chi connectivity index (χ2v) is 4.97. The third-order valence-electron chi connectivity index (χ3n) is 1.01. The van der Waals surface area contributed by atoms with Gasteiger partial charge in [0, 0.05) is 10.7 Å². The molecule has 7 heteroatoms. The van der Waals surface area contributed by atoms with Gasteiger partial charge < -0.3 is 0 Å². The third kappa shape index (κ3) is 5.32. The highest BCUT2D eigenvalue weighted by Gasteiger charge is 2.38. The van der Waals surface area contributed by atoms with Crippen molar-refractivity contribution in [3.63, 3.8) is 0 Å². The Labute approximate surface area is 66.8 Å². The molecule has 0 aliphatic rings. The third-order valence-corrected chi connectivity index (χ3v) is 2.28. The van der Waals surface area contributed by atoms with Crippen LogP contribution in [-0.2, 0) is 9.05 Å². The summed E-state index contributed by atoms with van der Waals surface area (Å²) in [6.07, 6.45) is -4.50. The van der Waals surface area contributed by atoms with Crippen molar-refractivity contribution in [2.75, 3.05) is 5.75 Å². The molecule has 1 atom stereocenters. The molecule has 0 heterocycles. The quantitative estimate of drug-likeness (QED) is 0.651. The van der Waals surface area contributed by atoms with Gasteiger partial charge in [0.2, 0.25) is 9.05 Å². The van der Waals surface area contributed by atoms with Gasteiger partial charge in [-0.2, -0.15) is 13.2 Å². The van der Waals surface area contributed by atoms with Crippen molar-refractivity contribution < 1.29 is 21.6 Å². The van der Waals surface area contributed by atoms with E-state index in [0.717, 1.165) is 6.92 Å². The number of hydrogen-bond donors (Lipinski definition) is 0. The highest BCUT2D eigenvalue weighted by atomic mass is 35.7. The van der Waals surface area contributed by atoms with E-state index < -0.39 is 26.9 Å². The maximum atomic E-state index is 11.7. The van der Waals surface area contributed by atoms with Gasteiger partial charge in [0.25, 0.3) is 0 Å². The minimum absolute atomic E-state index is 0.764. The van der Waals surface area contributed by atoms with Gasteiger partial charge in [0.1, 0.15) is 0 Å². The van der Waals surface area contributed by atoms with E-state index in [4.69, 9.17) is 0 Å². The summed E-state index contributed by atoms with van der Waals surface area (Å²) in [7, 11) is 0.552. The Morgan fingerprint density at radius 3 is 1.91 bits per heavy atom. The molecular formula is C4H6ClF3O2S. The number of halogens is 4. The molecule has 0 spiro atoms. The molecular weight excluding hydrogens is 205 g/mol. The predicted octanol–water partition coefficient (Wildman–Crippen LogP) is 1.75. The van der Waals surface area contributed by atoms with Gasteiger partial charge in [-0.05, 0) is 0 Å². The molecule has 0 aromatic heterocycles. The first-order valence-corrected chi connectivity index (χ1v) is 5.10. The fourth-order valence-corrected chi connectivity index (χ4v) is 1.75. The second kappa shape index (κ2) is 3.18. The maximum absolute atomic E-state index is 11.7. The van der Waals surface area contributed by atoms with Gasteiger partial charge >= 0.3 is 6.18 Å². The van der Waals surface area contributed by atoms with Crippen LogP contribution >= 0.6 is 10.7 Å². The molecule has 0 aromatic rings. The van der Waals surface area contributed by atoms with Crippen molar-refractivity contribution in [3.05, 3.63) is 0 Å². The summed E-state index contributed by atoms with van der Waals surface area (Å²) >= 11 is 0. The molecule has 0 saturated carbocycles. The summed E-state index contributed by atoms with van der Waals surface area (Å²) in [4.78, 5) is 0. The summed E-state index contributed by atoms with van der Waals surface area (Å²) < 4.78 is 55.3. The molecule has 2 nitrogen and oxygen atoms in total. The Balaban J connectivity index is 4.21. The Hall–Kier alpha value is 0.0300. The normalized spacial score (nSPS) is 16.5. The highest BCUT2D eigenvalue weighted by Crippen LogP contribution is 2.27. The summed E-state index contributed by atoms with van der Waals surface area (Å²) in [5.74, 6) is -2.98. The van der Waals surface area contributed by atoms with E-state index in [1.54, 1.807) is 0 Å². The Morgan fingerprint density at radius 1 is 1.45 bits per heavy atom. The minimum Gasteiger partial charge on any atom is -0.212 e. The molecule has 0 radical (unpaired) electrons. The molecule has 68 valence electrons. The molecule has 0 rings (SSSR count). The number of hydrogen-bond acceptors (Lipinski definition) is 2. The average Bonchev–Trinajstić information content (AvgIpc) is 1.56. The van der Waals surface area contributed by atoms with Crippen molar-refractivity contribution in [1.29, 1.82) is 0 Å². The van der Waals surface area contributed by atoms with Gasteiger partial charge in [-0.25, -0.2) is 8.42 Å². The molecule has 0 aliphatic carbocycles. The number of rotatable bonds is 2. The van der Waals surface area contributed by atoms with Crippen molar-refractivity contribution in [3.8, 4) is 0 Å².